The number of nitrogens with one attached hydrogen (secondary N) is 1. The molecule has 1 aromatic heterocycles. The van der Waals surface area contributed by atoms with Gasteiger partial charge in [0, 0.05) is 15.0 Å². The van der Waals surface area contributed by atoms with Crippen molar-refractivity contribution in [3.05, 3.63) is 51.9 Å². The number of amides is 1. The molecule has 3 N–H and O–H groups in total. The van der Waals surface area contributed by atoms with Crippen molar-refractivity contribution >= 4 is 39.9 Å². The molecule has 1 heterocycles. The number of rotatable bonds is 3. The molecule has 18 heavy (non-hydrogen) atoms. The minimum atomic E-state index is -0.0886. The number of pyridine rings is 1. The van der Waals surface area contributed by atoms with Crippen LogP contribution in [0.1, 0.15) is 5.69 Å². The molecular weight excluding hydrogens is 341 g/mol. The standard InChI is InChI=1S/C13H12IN3O/c14-9-2-1-3-12(6-9)17-13(18)7-11-5-4-10(15)8-16-11/h1-6,8H,7,15H2,(H,17,18). The predicted octanol–water partition coefficient (Wildman–Crippen LogP) is 2.45. The lowest BCUT2D eigenvalue weighted by Crippen LogP contribution is -2.15. The van der Waals surface area contributed by atoms with Gasteiger partial charge in [0.25, 0.3) is 0 Å². The fraction of sp³-hybridized carbons (Fsp3) is 0.0769. The first-order valence-corrected chi connectivity index (χ1v) is 6.47. The second kappa shape index (κ2) is 5.81. The van der Waals surface area contributed by atoms with E-state index in [0.717, 1.165) is 9.26 Å². The van der Waals surface area contributed by atoms with Crippen molar-refractivity contribution in [2.45, 2.75) is 6.42 Å². The normalized spacial score (nSPS) is 10.1. The molecule has 0 atom stereocenters. The molecule has 1 aromatic carbocycles. The quantitative estimate of drug-likeness (QED) is 0.833. The molecule has 0 radical (unpaired) electrons. The van der Waals surface area contributed by atoms with E-state index < -0.39 is 0 Å². The van der Waals surface area contributed by atoms with E-state index in [1.165, 1.54) is 0 Å². The van der Waals surface area contributed by atoms with Crippen molar-refractivity contribution in [3.8, 4) is 0 Å². The maximum atomic E-state index is 11.8. The molecule has 0 aliphatic carbocycles. The largest absolute Gasteiger partial charge is 0.397 e. The van der Waals surface area contributed by atoms with Crippen LogP contribution < -0.4 is 11.1 Å². The number of nitrogens with two attached hydrogens (primary N) is 1. The Morgan fingerprint density at radius 1 is 1.33 bits per heavy atom. The van der Waals surface area contributed by atoms with Gasteiger partial charge < -0.3 is 11.1 Å². The summed E-state index contributed by atoms with van der Waals surface area (Å²) in [6.07, 6.45) is 1.79. The lowest BCUT2D eigenvalue weighted by molar-refractivity contribution is -0.115. The number of nitrogens with zero attached hydrogens (tertiary/aromatic N) is 1. The van der Waals surface area contributed by atoms with Crippen molar-refractivity contribution in [2.24, 2.45) is 0 Å². The summed E-state index contributed by atoms with van der Waals surface area (Å²) in [5.41, 5.74) is 7.62. The highest BCUT2D eigenvalue weighted by molar-refractivity contribution is 14.1. The number of halogens is 1. The van der Waals surface area contributed by atoms with Crippen LogP contribution in [-0.4, -0.2) is 10.9 Å². The molecule has 0 fully saturated rings. The zero-order valence-corrected chi connectivity index (χ0v) is 11.7. The maximum absolute atomic E-state index is 11.8. The maximum Gasteiger partial charge on any atom is 0.230 e. The Hall–Kier alpha value is -1.63. The van der Waals surface area contributed by atoms with E-state index in [0.29, 0.717) is 11.4 Å². The predicted molar refractivity (Wildman–Crippen MR) is 80.1 cm³/mol. The van der Waals surface area contributed by atoms with Gasteiger partial charge in [0.2, 0.25) is 5.91 Å². The van der Waals surface area contributed by atoms with E-state index in [4.69, 9.17) is 5.73 Å². The average Bonchev–Trinajstić information content (AvgIpc) is 2.32. The Morgan fingerprint density at radius 2 is 2.17 bits per heavy atom. The summed E-state index contributed by atoms with van der Waals surface area (Å²) in [6, 6.07) is 11.1. The summed E-state index contributed by atoms with van der Waals surface area (Å²) in [6.45, 7) is 0. The van der Waals surface area contributed by atoms with Gasteiger partial charge in [-0.1, -0.05) is 6.07 Å². The van der Waals surface area contributed by atoms with Gasteiger partial charge in [0.05, 0.1) is 18.3 Å². The molecule has 5 heteroatoms. The summed E-state index contributed by atoms with van der Waals surface area (Å²) in [4.78, 5) is 15.9. The lowest BCUT2D eigenvalue weighted by atomic mass is 10.2. The van der Waals surface area contributed by atoms with E-state index in [1.807, 2.05) is 24.3 Å². The average molecular weight is 353 g/mol. The molecule has 0 aliphatic heterocycles. The Labute approximate surface area is 119 Å². The van der Waals surface area contributed by atoms with Gasteiger partial charge in [0.15, 0.2) is 0 Å². The highest BCUT2D eigenvalue weighted by Gasteiger charge is 2.05. The Morgan fingerprint density at radius 3 is 2.83 bits per heavy atom. The molecule has 4 nitrogen and oxygen atoms in total. The van der Waals surface area contributed by atoms with Crippen molar-refractivity contribution in [1.82, 2.24) is 4.98 Å². The zero-order valence-electron chi connectivity index (χ0n) is 9.56. The second-order valence-corrected chi connectivity index (χ2v) is 5.06. The highest BCUT2D eigenvalue weighted by Crippen LogP contribution is 2.12. The summed E-state index contributed by atoms with van der Waals surface area (Å²) < 4.78 is 1.08. The summed E-state index contributed by atoms with van der Waals surface area (Å²) >= 11 is 2.20. The van der Waals surface area contributed by atoms with Gasteiger partial charge >= 0.3 is 0 Å². The summed E-state index contributed by atoms with van der Waals surface area (Å²) in [7, 11) is 0. The fourth-order valence-corrected chi connectivity index (χ4v) is 2.02. The monoisotopic (exact) mass is 353 g/mol. The smallest absolute Gasteiger partial charge is 0.230 e. The van der Waals surface area contributed by atoms with Crippen molar-refractivity contribution in [2.75, 3.05) is 11.1 Å². The van der Waals surface area contributed by atoms with E-state index in [2.05, 4.69) is 32.9 Å². The summed E-state index contributed by atoms with van der Waals surface area (Å²) in [5.74, 6) is -0.0886. The van der Waals surface area contributed by atoms with E-state index in [-0.39, 0.29) is 12.3 Å². The van der Waals surface area contributed by atoms with Crippen LogP contribution in [0.5, 0.6) is 0 Å². The third-order valence-electron chi connectivity index (χ3n) is 2.30. The van der Waals surface area contributed by atoms with Crippen molar-refractivity contribution < 1.29 is 4.79 Å². The van der Waals surface area contributed by atoms with Gasteiger partial charge in [-0.3, -0.25) is 9.78 Å². The van der Waals surface area contributed by atoms with Crippen LogP contribution in [0.2, 0.25) is 0 Å². The van der Waals surface area contributed by atoms with Crippen LogP contribution in [0.15, 0.2) is 42.6 Å². The number of nitrogen functional groups attached to an aromatic ring is 1. The van der Waals surface area contributed by atoms with Crippen LogP contribution in [0.4, 0.5) is 11.4 Å². The zero-order chi connectivity index (χ0) is 13.0. The first-order chi connectivity index (χ1) is 8.63. The molecule has 0 bridgehead atoms. The van der Waals surface area contributed by atoms with E-state index >= 15 is 0 Å². The van der Waals surface area contributed by atoms with E-state index in [1.54, 1.807) is 18.3 Å². The third-order valence-corrected chi connectivity index (χ3v) is 2.97. The topological polar surface area (TPSA) is 68.0 Å². The SMILES string of the molecule is Nc1ccc(CC(=O)Nc2cccc(I)c2)nc1. The number of hydrogen-bond donors (Lipinski definition) is 2. The number of aromatic nitrogens is 1. The Kier molecular flexibility index (Phi) is 4.14. The molecule has 1 amide bonds. The number of anilines is 2. The Bertz CT molecular complexity index is 554. The minimum Gasteiger partial charge on any atom is -0.397 e. The van der Waals surface area contributed by atoms with Gasteiger partial charge in [-0.25, -0.2) is 0 Å². The molecule has 0 unspecified atom stereocenters. The first kappa shape index (κ1) is 12.8. The first-order valence-electron chi connectivity index (χ1n) is 5.39. The summed E-state index contributed by atoms with van der Waals surface area (Å²) in [5, 5.41) is 2.83. The second-order valence-electron chi connectivity index (χ2n) is 3.82. The van der Waals surface area contributed by atoms with Gasteiger partial charge in [0.1, 0.15) is 0 Å². The van der Waals surface area contributed by atoms with Crippen molar-refractivity contribution in [3.63, 3.8) is 0 Å². The fourth-order valence-electron chi connectivity index (χ4n) is 1.48. The van der Waals surface area contributed by atoms with Crippen LogP contribution >= 0.6 is 22.6 Å². The third kappa shape index (κ3) is 3.69. The van der Waals surface area contributed by atoms with Gasteiger partial charge in [-0.15, -0.1) is 0 Å². The van der Waals surface area contributed by atoms with Crippen LogP contribution in [0, 0.1) is 3.57 Å². The molecule has 92 valence electrons. The molecule has 0 spiro atoms. The van der Waals surface area contributed by atoms with Crippen LogP contribution in [0.3, 0.4) is 0 Å². The number of hydrogen-bond acceptors (Lipinski definition) is 3. The number of carbonyl (C=O) groups is 1. The minimum absolute atomic E-state index is 0.0886. The molecule has 0 aliphatic rings. The molecule has 0 saturated carbocycles. The molecular formula is C13H12IN3O. The van der Waals surface area contributed by atoms with Crippen LogP contribution in [-0.2, 0) is 11.2 Å². The highest BCUT2D eigenvalue weighted by atomic mass is 127. The van der Waals surface area contributed by atoms with Gasteiger partial charge in [-0.05, 0) is 52.9 Å². The van der Waals surface area contributed by atoms with Crippen molar-refractivity contribution in [1.29, 1.82) is 0 Å². The lowest BCUT2D eigenvalue weighted by Gasteiger charge is -2.05. The van der Waals surface area contributed by atoms with Crippen LogP contribution in [0.25, 0.3) is 0 Å². The van der Waals surface area contributed by atoms with E-state index in [9.17, 15) is 4.79 Å². The molecule has 2 rings (SSSR count). The molecule has 2 aromatic rings. The Balaban J connectivity index is 1.98. The number of carbonyl (C=O) groups excluding carboxylic acids is 1. The number of benzene rings is 1. The molecule has 0 saturated heterocycles. The van der Waals surface area contributed by atoms with Gasteiger partial charge in [-0.2, -0.15) is 0 Å².